The van der Waals surface area contributed by atoms with E-state index in [1.165, 1.54) is 0 Å². The number of para-hydroxylation sites is 1. The number of hydrogen-bond donors (Lipinski definition) is 3. The summed E-state index contributed by atoms with van der Waals surface area (Å²) < 4.78 is 0. The van der Waals surface area contributed by atoms with Gasteiger partial charge in [0.1, 0.15) is 5.75 Å². The van der Waals surface area contributed by atoms with Crippen LogP contribution in [-0.4, -0.2) is 17.7 Å². The van der Waals surface area contributed by atoms with E-state index in [0.29, 0.717) is 11.8 Å². The number of phenols is 1. The van der Waals surface area contributed by atoms with Crippen LogP contribution in [0.2, 0.25) is 0 Å². The van der Waals surface area contributed by atoms with Gasteiger partial charge in [-0.15, -0.1) is 0 Å². The lowest BCUT2D eigenvalue weighted by Gasteiger charge is -2.30. The predicted octanol–water partition coefficient (Wildman–Crippen LogP) is 1.36. The first kappa shape index (κ1) is 9.49. The van der Waals surface area contributed by atoms with Gasteiger partial charge in [0.15, 0.2) is 0 Å². The average Bonchev–Trinajstić information content (AvgIpc) is 2.18. The lowest BCUT2D eigenvalue weighted by Crippen LogP contribution is -2.46. The molecule has 2 unspecified atom stereocenters. The molecule has 3 heteroatoms. The van der Waals surface area contributed by atoms with Crippen molar-refractivity contribution in [1.82, 2.24) is 10.6 Å². The van der Waals surface area contributed by atoms with E-state index in [0.717, 1.165) is 18.5 Å². The molecule has 0 aromatic heterocycles. The summed E-state index contributed by atoms with van der Waals surface area (Å²) in [6.07, 6.45) is 1.21. The molecule has 1 saturated heterocycles. The van der Waals surface area contributed by atoms with E-state index < -0.39 is 0 Å². The standard InChI is InChI=1S/C11H16N2O/c1-8-6-7-12-11(13-8)9-4-2-3-5-10(9)14/h2-5,8,11-14H,6-7H2,1H3. The van der Waals surface area contributed by atoms with Crippen LogP contribution in [0.15, 0.2) is 24.3 Å². The molecule has 2 rings (SSSR count). The molecule has 1 heterocycles. The van der Waals surface area contributed by atoms with Crippen LogP contribution in [-0.2, 0) is 0 Å². The van der Waals surface area contributed by atoms with Crippen molar-refractivity contribution >= 4 is 0 Å². The molecular weight excluding hydrogens is 176 g/mol. The fraction of sp³-hybridized carbons (Fsp3) is 0.455. The SMILES string of the molecule is CC1CCNC(c2ccccc2O)N1. The molecule has 14 heavy (non-hydrogen) atoms. The average molecular weight is 192 g/mol. The Labute approximate surface area is 84.1 Å². The third-order valence-corrected chi connectivity index (χ3v) is 2.62. The third kappa shape index (κ3) is 1.89. The molecule has 0 bridgehead atoms. The summed E-state index contributed by atoms with van der Waals surface area (Å²) in [5.41, 5.74) is 0.930. The Kier molecular flexibility index (Phi) is 2.70. The van der Waals surface area contributed by atoms with Gasteiger partial charge in [-0.25, -0.2) is 0 Å². The predicted molar refractivity (Wildman–Crippen MR) is 56.1 cm³/mol. The molecule has 1 fully saturated rings. The van der Waals surface area contributed by atoms with Gasteiger partial charge in [0.05, 0.1) is 6.17 Å². The van der Waals surface area contributed by atoms with Crippen LogP contribution < -0.4 is 10.6 Å². The molecule has 0 radical (unpaired) electrons. The maximum Gasteiger partial charge on any atom is 0.121 e. The summed E-state index contributed by atoms with van der Waals surface area (Å²) >= 11 is 0. The first-order valence-electron chi connectivity index (χ1n) is 5.04. The highest BCUT2D eigenvalue weighted by Gasteiger charge is 2.20. The van der Waals surface area contributed by atoms with E-state index in [1.807, 2.05) is 18.2 Å². The fourth-order valence-corrected chi connectivity index (χ4v) is 1.80. The molecule has 0 amide bonds. The van der Waals surface area contributed by atoms with Crippen LogP contribution >= 0.6 is 0 Å². The van der Waals surface area contributed by atoms with Crippen molar-refractivity contribution in [3.63, 3.8) is 0 Å². The number of rotatable bonds is 1. The Balaban J connectivity index is 2.18. The van der Waals surface area contributed by atoms with Gasteiger partial charge in [-0.1, -0.05) is 18.2 Å². The normalized spacial score (nSPS) is 27.5. The van der Waals surface area contributed by atoms with E-state index in [9.17, 15) is 5.11 Å². The van der Waals surface area contributed by atoms with Gasteiger partial charge < -0.3 is 5.11 Å². The summed E-state index contributed by atoms with van der Waals surface area (Å²) in [6.45, 7) is 3.15. The number of aromatic hydroxyl groups is 1. The van der Waals surface area contributed by atoms with E-state index in [2.05, 4.69) is 17.6 Å². The minimum atomic E-state index is 0.0833. The first-order chi connectivity index (χ1) is 6.77. The minimum absolute atomic E-state index is 0.0833. The first-order valence-corrected chi connectivity index (χ1v) is 5.04. The van der Waals surface area contributed by atoms with Gasteiger partial charge in [-0.05, 0) is 26.0 Å². The van der Waals surface area contributed by atoms with Gasteiger partial charge in [-0.2, -0.15) is 0 Å². The van der Waals surface area contributed by atoms with Crippen LogP contribution in [0, 0.1) is 0 Å². The van der Waals surface area contributed by atoms with Gasteiger partial charge in [0.2, 0.25) is 0 Å². The van der Waals surface area contributed by atoms with E-state index in [4.69, 9.17) is 0 Å². The molecule has 1 aliphatic heterocycles. The van der Waals surface area contributed by atoms with Crippen molar-refractivity contribution in [1.29, 1.82) is 0 Å². The summed E-state index contributed by atoms with van der Waals surface area (Å²) in [5.74, 6) is 0.353. The Hall–Kier alpha value is -1.06. The highest BCUT2D eigenvalue weighted by molar-refractivity contribution is 5.34. The summed E-state index contributed by atoms with van der Waals surface area (Å²) in [5, 5.41) is 16.4. The molecule has 0 saturated carbocycles. The third-order valence-electron chi connectivity index (χ3n) is 2.62. The number of phenolic OH excluding ortho intramolecular Hbond substituents is 1. The van der Waals surface area contributed by atoms with E-state index in [1.54, 1.807) is 6.07 Å². The minimum Gasteiger partial charge on any atom is -0.508 e. The number of hydrogen-bond acceptors (Lipinski definition) is 3. The van der Waals surface area contributed by atoms with Gasteiger partial charge in [0, 0.05) is 11.6 Å². The van der Waals surface area contributed by atoms with Crippen molar-refractivity contribution in [3.05, 3.63) is 29.8 Å². The molecule has 1 aliphatic rings. The molecule has 0 spiro atoms. The Morgan fingerprint density at radius 3 is 2.86 bits per heavy atom. The largest absolute Gasteiger partial charge is 0.508 e. The fourth-order valence-electron chi connectivity index (χ4n) is 1.80. The number of benzene rings is 1. The monoisotopic (exact) mass is 192 g/mol. The molecule has 0 aliphatic carbocycles. The van der Waals surface area contributed by atoms with E-state index >= 15 is 0 Å². The van der Waals surface area contributed by atoms with Crippen LogP contribution in [0.3, 0.4) is 0 Å². The molecule has 3 N–H and O–H groups in total. The summed E-state index contributed by atoms with van der Waals surface area (Å²) in [7, 11) is 0. The zero-order valence-electron chi connectivity index (χ0n) is 8.33. The molecule has 2 atom stereocenters. The van der Waals surface area contributed by atoms with Crippen molar-refractivity contribution in [2.75, 3.05) is 6.54 Å². The van der Waals surface area contributed by atoms with Gasteiger partial charge in [-0.3, -0.25) is 10.6 Å². The Bertz CT molecular complexity index is 314. The maximum absolute atomic E-state index is 9.67. The second kappa shape index (κ2) is 3.98. The van der Waals surface area contributed by atoms with Crippen LogP contribution in [0.4, 0.5) is 0 Å². The molecule has 3 nitrogen and oxygen atoms in total. The lowest BCUT2D eigenvalue weighted by molar-refractivity contribution is 0.310. The zero-order chi connectivity index (χ0) is 9.97. The Morgan fingerprint density at radius 1 is 1.36 bits per heavy atom. The molecule has 1 aromatic rings. The molecule has 76 valence electrons. The van der Waals surface area contributed by atoms with Crippen molar-refractivity contribution in [2.24, 2.45) is 0 Å². The van der Waals surface area contributed by atoms with Crippen molar-refractivity contribution in [2.45, 2.75) is 25.6 Å². The highest BCUT2D eigenvalue weighted by atomic mass is 16.3. The highest BCUT2D eigenvalue weighted by Crippen LogP contribution is 2.23. The van der Waals surface area contributed by atoms with Crippen LogP contribution in [0.1, 0.15) is 25.1 Å². The number of nitrogens with one attached hydrogen (secondary N) is 2. The van der Waals surface area contributed by atoms with Crippen LogP contribution in [0.5, 0.6) is 5.75 Å². The topological polar surface area (TPSA) is 44.3 Å². The van der Waals surface area contributed by atoms with Crippen molar-refractivity contribution in [3.8, 4) is 5.75 Å². The Morgan fingerprint density at radius 2 is 2.14 bits per heavy atom. The quantitative estimate of drug-likeness (QED) is 0.629. The van der Waals surface area contributed by atoms with E-state index in [-0.39, 0.29) is 6.17 Å². The summed E-state index contributed by atoms with van der Waals surface area (Å²) in [4.78, 5) is 0. The van der Waals surface area contributed by atoms with Gasteiger partial charge in [0.25, 0.3) is 0 Å². The summed E-state index contributed by atoms with van der Waals surface area (Å²) in [6, 6.07) is 7.94. The molecular formula is C11H16N2O. The van der Waals surface area contributed by atoms with Gasteiger partial charge >= 0.3 is 0 Å². The maximum atomic E-state index is 9.67. The second-order valence-corrected chi connectivity index (χ2v) is 3.80. The second-order valence-electron chi connectivity index (χ2n) is 3.80. The van der Waals surface area contributed by atoms with Crippen molar-refractivity contribution < 1.29 is 5.11 Å². The lowest BCUT2D eigenvalue weighted by atomic mass is 10.1. The smallest absolute Gasteiger partial charge is 0.121 e. The zero-order valence-corrected chi connectivity index (χ0v) is 8.33. The molecule has 1 aromatic carbocycles. The van der Waals surface area contributed by atoms with Crippen LogP contribution in [0.25, 0.3) is 0 Å².